The smallest absolute Gasteiger partial charge is 0.136 e. The van der Waals surface area contributed by atoms with Gasteiger partial charge in [-0.05, 0) is 34.8 Å². The lowest BCUT2D eigenvalue weighted by Crippen LogP contribution is -1.98. The van der Waals surface area contributed by atoms with Crippen molar-refractivity contribution in [3.63, 3.8) is 0 Å². The van der Waals surface area contributed by atoms with Gasteiger partial charge in [-0.3, -0.25) is 9.98 Å². The minimum Gasteiger partial charge on any atom is -0.294 e. The van der Waals surface area contributed by atoms with Crippen molar-refractivity contribution in [1.82, 2.24) is 20.0 Å². The van der Waals surface area contributed by atoms with Gasteiger partial charge < -0.3 is 0 Å². The van der Waals surface area contributed by atoms with E-state index in [0.29, 0.717) is 6.54 Å². The van der Waals surface area contributed by atoms with E-state index in [4.69, 9.17) is 0 Å². The van der Waals surface area contributed by atoms with Gasteiger partial charge in [-0.2, -0.15) is 0 Å². The Kier molecular flexibility index (Phi) is 3.09. The van der Waals surface area contributed by atoms with E-state index >= 15 is 0 Å². The normalized spacial score (nSPS) is 10.4. The summed E-state index contributed by atoms with van der Waals surface area (Å²) in [6, 6.07) is 3.81. The molecule has 5 nitrogen and oxygen atoms in total. The Morgan fingerprint density at radius 1 is 1.50 bits per heavy atom. The van der Waals surface area contributed by atoms with Gasteiger partial charge in [0.15, 0.2) is 0 Å². The minimum atomic E-state index is 0.483. The van der Waals surface area contributed by atoms with Gasteiger partial charge in [0.25, 0.3) is 0 Å². The number of nitrogens with zero attached hydrogens (tertiary/aromatic N) is 5. The second-order valence-electron chi connectivity index (χ2n) is 3.25. The van der Waals surface area contributed by atoms with Crippen LogP contribution < -0.4 is 0 Å². The highest BCUT2D eigenvalue weighted by Gasteiger charge is 2.12. The summed E-state index contributed by atoms with van der Waals surface area (Å²) >= 11 is 3.34. The summed E-state index contributed by atoms with van der Waals surface area (Å²) in [6.07, 6.45) is 1.73. The summed E-state index contributed by atoms with van der Waals surface area (Å²) in [5.41, 5.74) is 2.45. The Balaban J connectivity index is 2.47. The summed E-state index contributed by atoms with van der Waals surface area (Å²) in [4.78, 5) is 8.13. The lowest BCUT2D eigenvalue weighted by atomic mass is 10.2. The van der Waals surface area contributed by atoms with Crippen LogP contribution >= 0.6 is 15.9 Å². The molecule has 0 saturated carbocycles. The van der Waals surface area contributed by atoms with Crippen LogP contribution in [0.15, 0.2) is 27.8 Å². The summed E-state index contributed by atoms with van der Waals surface area (Å²) in [7, 11) is 1.83. The topological polar surface area (TPSA) is 56.0 Å². The van der Waals surface area contributed by atoms with Crippen LogP contribution in [-0.2, 0) is 13.6 Å². The zero-order valence-electron chi connectivity index (χ0n) is 8.76. The molecule has 0 atom stereocenters. The number of aliphatic imine (C=N–C) groups is 1. The predicted molar refractivity (Wildman–Crippen MR) is 65.2 cm³/mol. The van der Waals surface area contributed by atoms with E-state index in [9.17, 15) is 0 Å². The molecule has 0 bridgehead atoms. The zero-order chi connectivity index (χ0) is 11.5. The average molecular weight is 280 g/mol. The molecule has 2 aromatic heterocycles. The minimum absolute atomic E-state index is 0.483. The van der Waals surface area contributed by atoms with Crippen molar-refractivity contribution in [2.45, 2.75) is 6.54 Å². The zero-order valence-corrected chi connectivity index (χ0v) is 10.3. The van der Waals surface area contributed by atoms with Crippen LogP contribution in [0, 0.1) is 0 Å². The molecule has 0 saturated heterocycles. The van der Waals surface area contributed by atoms with Crippen LogP contribution in [0.5, 0.6) is 0 Å². The fourth-order valence-electron chi connectivity index (χ4n) is 1.37. The molecule has 6 heteroatoms. The van der Waals surface area contributed by atoms with Crippen LogP contribution in [-0.4, -0.2) is 26.7 Å². The number of aryl methyl sites for hydroxylation is 1. The second kappa shape index (κ2) is 4.52. The van der Waals surface area contributed by atoms with E-state index in [2.05, 4.69) is 42.9 Å². The molecule has 16 heavy (non-hydrogen) atoms. The molecule has 0 radical (unpaired) electrons. The number of hydrogen-bond donors (Lipinski definition) is 0. The Hall–Kier alpha value is -1.56. The molecule has 0 aliphatic carbocycles. The third-order valence-electron chi connectivity index (χ3n) is 2.17. The number of rotatable bonds is 3. The van der Waals surface area contributed by atoms with Crippen molar-refractivity contribution in [2.24, 2.45) is 12.0 Å². The molecule has 0 fully saturated rings. The highest BCUT2D eigenvalue weighted by molar-refractivity contribution is 9.10. The third-order valence-corrected chi connectivity index (χ3v) is 2.64. The van der Waals surface area contributed by atoms with Crippen molar-refractivity contribution in [1.29, 1.82) is 0 Å². The van der Waals surface area contributed by atoms with Gasteiger partial charge in [0.05, 0.1) is 17.9 Å². The molecule has 0 aromatic carbocycles. The van der Waals surface area contributed by atoms with Gasteiger partial charge in [-0.25, -0.2) is 4.68 Å². The van der Waals surface area contributed by atoms with Crippen LogP contribution in [0.3, 0.4) is 0 Å². The molecule has 2 rings (SSSR count). The van der Waals surface area contributed by atoms with E-state index in [1.165, 1.54) is 0 Å². The number of hydrogen-bond acceptors (Lipinski definition) is 4. The highest BCUT2D eigenvalue weighted by Crippen LogP contribution is 2.20. The first-order valence-corrected chi connectivity index (χ1v) is 5.44. The molecule has 2 aromatic rings. The molecular formula is C10H10BrN5. The van der Waals surface area contributed by atoms with Gasteiger partial charge in [0.1, 0.15) is 5.69 Å². The Morgan fingerprint density at radius 3 is 2.94 bits per heavy atom. The first kappa shape index (κ1) is 10.9. The van der Waals surface area contributed by atoms with Crippen LogP contribution in [0.25, 0.3) is 11.4 Å². The molecule has 82 valence electrons. The Bertz CT molecular complexity index is 502. The van der Waals surface area contributed by atoms with E-state index < -0.39 is 0 Å². The first-order valence-electron chi connectivity index (χ1n) is 4.65. The number of halogens is 1. The Labute approximate surface area is 101 Å². The summed E-state index contributed by atoms with van der Waals surface area (Å²) in [6.45, 7) is 3.96. The lowest BCUT2D eigenvalue weighted by molar-refractivity contribution is 0.679. The standard InChI is InChI=1S/C10H10BrN5/c1-12-6-9-10(14-15-16(9)2)8-4-3-7(11)5-13-8/h3-5H,1,6H2,2H3. The maximum atomic E-state index is 4.28. The van der Waals surface area contributed by atoms with Gasteiger partial charge in [-0.1, -0.05) is 5.21 Å². The molecule has 0 unspecified atom stereocenters. The van der Waals surface area contributed by atoms with E-state index in [1.54, 1.807) is 10.9 Å². The van der Waals surface area contributed by atoms with E-state index in [1.807, 2.05) is 19.2 Å². The lowest BCUT2D eigenvalue weighted by Gasteiger charge is -2.00. The largest absolute Gasteiger partial charge is 0.294 e. The second-order valence-corrected chi connectivity index (χ2v) is 4.17. The molecule has 0 spiro atoms. The average Bonchev–Trinajstić information content (AvgIpc) is 2.63. The fraction of sp³-hybridized carbons (Fsp3) is 0.200. The van der Waals surface area contributed by atoms with Gasteiger partial charge in [0.2, 0.25) is 0 Å². The van der Waals surface area contributed by atoms with Gasteiger partial charge in [-0.15, -0.1) is 5.10 Å². The molecular weight excluding hydrogens is 270 g/mol. The molecule has 0 aliphatic rings. The summed E-state index contributed by atoms with van der Waals surface area (Å²) in [5, 5.41) is 8.04. The van der Waals surface area contributed by atoms with Crippen molar-refractivity contribution >= 4 is 22.6 Å². The van der Waals surface area contributed by atoms with E-state index in [0.717, 1.165) is 21.6 Å². The summed E-state index contributed by atoms with van der Waals surface area (Å²) < 4.78 is 2.62. The monoisotopic (exact) mass is 279 g/mol. The van der Waals surface area contributed by atoms with E-state index in [-0.39, 0.29) is 0 Å². The van der Waals surface area contributed by atoms with Crippen LogP contribution in [0.2, 0.25) is 0 Å². The maximum Gasteiger partial charge on any atom is 0.136 e. The summed E-state index contributed by atoms with van der Waals surface area (Å²) in [5.74, 6) is 0. The SMILES string of the molecule is C=NCc1c(-c2ccc(Br)cn2)nnn1C. The molecule has 0 N–H and O–H groups in total. The molecule has 0 amide bonds. The number of aromatic nitrogens is 4. The van der Waals surface area contributed by atoms with Crippen LogP contribution in [0.4, 0.5) is 0 Å². The van der Waals surface area contributed by atoms with Crippen LogP contribution in [0.1, 0.15) is 5.69 Å². The van der Waals surface area contributed by atoms with Gasteiger partial charge in [0, 0.05) is 17.7 Å². The quantitative estimate of drug-likeness (QED) is 0.806. The van der Waals surface area contributed by atoms with Crippen molar-refractivity contribution in [3.05, 3.63) is 28.5 Å². The van der Waals surface area contributed by atoms with Crippen molar-refractivity contribution < 1.29 is 0 Å². The molecule has 2 heterocycles. The highest BCUT2D eigenvalue weighted by atomic mass is 79.9. The van der Waals surface area contributed by atoms with Crippen molar-refractivity contribution in [3.8, 4) is 11.4 Å². The first-order chi connectivity index (χ1) is 7.72. The fourth-order valence-corrected chi connectivity index (χ4v) is 1.61. The number of pyridine rings is 1. The third kappa shape index (κ3) is 2.01. The predicted octanol–water partition coefficient (Wildman–Crippen LogP) is 1.84. The Morgan fingerprint density at radius 2 is 2.31 bits per heavy atom. The van der Waals surface area contributed by atoms with Crippen molar-refractivity contribution in [2.75, 3.05) is 0 Å². The van der Waals surface area contributed by atoms with Gasteiger partial charge >= 0.3 is 0 Å². The molecule has 0 aliphatic heterocycles. The maximum absolute atomic E-state index is 4.28.